The second-order valence-corrected chi connectivity index (χ2v) is 74.5. The normalized spacial score (nSPS) is 8.62. The number of rotatable bonds is 0. The first-order chi connectivity index (χ1) is 25.3. The molecular weight excluding hydrogens is 1500 g/mol. The molecule has 0 atom stereocenters. The van der Waals surface area contributed by atoms with E-state index in [-0.39, 0.29) is 5.41 Å². The maximum Gasteiger partial charge on any atom is 0.0588 e. The third-order valence-corrected chi connectivity index (χ3v) is 85.6. The van der Waals surface area contributed by atoms with E-state index in [0.717, 1.165) is 15.9 Å². The van der Waals surface area contributed by atoms with Gasteiger partial charge in [-0.05, 0) is 22.0 Å². The Kier molecular flexibility index (Phi) is 56.4. The Balaban J connectivity index is 0.00000181. The van der Waals surface area contributed by atoms with Gasteiger partial charge in [-0.25, -0.2) is 0 Å². The van der Waals surface area contributed by atoms with Crippen molar-refractivity contribution < 1.29 is 0 Å². The van der Waals surface area contributed by atoms with E-state index in [0.29, 0.717) is 0 Å². The molecule has 0 bridgehead atoms. The number of hydrogen-bond donors (Lipinski definition) is 1. The summed E-state index contributed by atoms with van der Waals surface area (Å²) in [5, 5.41) is 0. The van der Waals surface area contributed by atoms with Crippen molar-refractivity contribution >= 4 is 381 Å². The molecule has 0 aliphatic carbocycles. The first kappa shape index (κ1) is 60.2. The topological polar surface area (TPSA) is 38.9 Å². The van der Waals surface area contributed by atoms with Gasteiger partial charge in [0.15, 0.2) is 0 Å². The summed E-state index contributed by atoms with van der Waals surface area (Å²) in [6, 6.07) is 1.91. The minimum Gasteiger partial charge on any atom is -0.398 e. The van der Waals surface area contributed by atoms with Crippen LogP contribution >= 0.6 is 15.9 Å². The monoisotopic (exact) mass is 1510 g/mol. The molecule has 0 fully saturated rings. The Morgan fingerprint density at radius 3 is 0.769 bits per heavy atom. The lowest BCUT2D eigenvalue weighted by molar-refractivity contribution is 0.569. The van der Waals surface area contributed by atoms with Crippen LogP contribution in [0.1, 0.15) is 26.5 Å². The molecule has 0 unspecified atom stereocenters. The SMILES string of the molecule is CC(C)(C)c1cc(N)c(Br)cn1.S=S=S=S=S=S=S=S=S=S=S=S=S=S=S=S=S=S=S=S=S=S=S=S=S=S=S=S=S=S=S=S=S=S=S=S=S=S=S=S. The maximum absolute atomic E-state index is 5.73. The molecule has 0 aromatic carbocycles. The highest BCUT2D eigenvalue weighted by Crippen LogP contribution is 2.25. The third kappa shape index (κ3) is 46.2. The summed E-state index contributed by atoms with van der Waals surface area (Å²) in [5.74, 6) is 0. The van der Waals surface area contributed by atoms with E-state index in [1.54, 1.807) is 113 Å². The summed E-state index contributed by atoms with van der Waals surface area (Å²) in [6.45, 7) is 6.34. The molecule has 1 heterocycles. The average molecular weight is 1510 g/mol. The van der Waals surface area contributed by atoms with Gasteiger partial charge in [-0.15, -0.1) is 0 Å². The third-order valence-electron chi connectivity index (χ3n) is 2.68. The van der Waals surface area contributed by atoms with Crippen molar-refractivity contribution in [3.05, 3.63) is 22.4 Å². The number of aromatic nitrogens is 1. The van der Waals surface area contributed by atoms with Gasteiger partial charge < -0.3 is 5.73 Å². The van der Waals surface area contributed by atoms with E-state index in [1.165, 1.54) is 17.8 Å². The summed E-state index contributed by atoms with van der Waals surface area (Å²) in [4.78, 5) is 4.28. The van der Waals surface area contributed by atoms with E-state index in [1.807, 2.05) is 219 Å². The molecule has 0 saturated carbocycles. The van der Waals surface area contributed by atoms with Crippen molar-refractivity contribution in [2.24, 2.45) is 0 Å². The molecule has 306 valence electrons. The van der Waals surface area contributed by atoms with E-state index in [9.17, 15) is 0 Å². The summed E-state index contributed by atoms with van der Waals surface area (Å²) < 4.78 is 0.857. The second kappa shape index (κ2) is 48.7. The highest BCUT2D eigenvalue weighted by atomic mass is 79.9. The minimum absolute atomic E-state index is 0.0643. The molecule has 2 nitrogen and oxygen atoms in total. The van der Waals surface area contributed by atoms with Crippen molar-refractivity contribution in [1.29, 1.82) is 0 Å². The van der Waals surface area contributed by atoms with Crippen molar-refractivity contribution in [1.82, 2.24) is 4.98 Å². The molecule has 0 saturated heterocycles. The summed E-state index contributed by atoms with van der Waals surface area (Å²) in [6.07, 6.45) is 1.75. The van der Waals surface area contributed by atoms with Gasteiger partial charge in [-0.3, -0.25) is 4.98 Å². The molecule has 1 aromatic rings. The number of nitrogens with zero attached hydrogens (tertiary/aromatic N) is 1. The van der Waals surface area contributed by atoms with Gasteiger partial charge in [-0.1, -0.05) is 20.8 Å². The van der Waals surface area contributed by atoms with E-state index >= 15 is 0 Å². The van der Waals surface area contributed by atoms with Crippen molar-refractivity contribution in [2.75, 3.05) is 5.73 Å². The van der Waals surface area contributed by atoms with Crippen LogP contribution < -0.4 is 5.73 Å². The van der Waals surface area contributed by atoms with Crippen LogP contribution in [0.25, 0.3) is 0 Å². The highest BCUT2D eigenvalue weighted by Gasteiger charge is 2.15. The van der Waals surface area contributed by atoms with E-state index in [4.69, 9.17) is 28.1 Å². The standard InChI is InChI=1S/C9H13BrN2.S40/c1-9(2,3)8-4-7(11)6(10)5-12-8;1-3-5-7-9-11-13-15-17-19-21-23-25-27-29-31-33-35-37-39-40-38-36-34-32-30-28-26-24-22-20-18-16-14-12-10-8-6-4-2/h4-5H,1-3H3,(H2,11,12);. The Morgan fingerprint density at radius 1 is 0.423 bits per heavy atom. The zero-order valence-electron chi connectivity index (χ0n) is 23.9. The molecule has 43 heteroatoms. The van der Waals surface area contributed by atoms with Gasteiger partial charge in [0.25, 0.3) is 0 Å². The predicted molar refractivity (Wildman–Crippen MR) is 350 cm³/mol. The number of halogens is 1. The van der Waals surface area contributed by atoms with Crippen LogP contribution in [0.4, 0.5) is 5.69 Å². The molecule has 1 aromatic heterocycles. The van der Waals surface area contributed by atoms with Crippen molar-refractivity contribution in [3.8, 4) is 0 Å². The van der Waals surface area contributed by atoms with Gasteiger partial charge >= 0.3 is 0 Å². The lowest BCUT2D eigenvalue weighted by atomic mass is 9.91. The van der Waals surface area contributed by atoms with Crippen LogP contribution in [0, 0.1) is 0 Å². The fraction of sp³-hybridized carbons (Fsp3) is 0.444. The number of anilines is 1. The molecule has 0 amide bonds. The molecule has 0 radical (unpaired) electrons. The van der Waals surface area contributed by atoms with Crippen LogP contribution in [0.2, 0.25) is 0 Å². The van der Waals surface area contributed by atoms with E-state index in [2.05, 4.69) is 41.7 Å². The average Bonchev–Trinajstić information content (AvgIpc) is 3.12. The van der Waals surface area contributed by atoms with Crippen LogP contribution in [0.3, 0.4) is 0 Å². The summed E-state index contributed by atoms with van der Waals surface area (Å²) >= 11 is 12.9. The summed E-state index contributed by atoms with van der Waals surface area (Å²) in [5.41, 5.74) is 7.56. The summed E-state index contributed by atoms with van der Waals surface area (Å²) in [7, 11) is 67.4. The molecule has 1 rings (SSSR count). The molecule has 0 spiro atoms. The molecule has 0 aliphatic rings. The van der Waals surface area contributed by atoms with E-state index < -0.39 is 0 Å². The first-order valence-electron chi connectivity index (χ1n) is 10.3. The minimum atomic E-state index is 0.0643. The molecule has 52 heavy (non-hydrogen) atoms. The fourth-order valence-corrected chi connectivity index (χ4v) is 100. The second-order valence-electron chi connectivity index (χ2n) is 6.43. The predicted octanol–water partition coefficient (Wildman–Crippen LogP) is 2.63. The van der Waals surface area contributed by atoms with Crippen LogP contribution in [0.15, 0.2) is 16.7 Å². The van der Waals surface area contributed by atoms with Gasteiger partial charge in [0.2, 0.25) is 0 Å². The zero-order chi connectivity index (χ0) is 38.2. The molecule has 0 aliphatic heterocycles. The Bertz CT molecular complexity index is 2990. The quantitative estimate of drug-likeness (QED) is 0.435. The number of nitrogens with two attached hydrogens (primary N) is 1. The maximum atomic E-state index is 5.73. The fourth-order valence-electron chi connectivity index (χ4n) is 1.27. The first-order valence-corrected chi connectivity index (χ1v) is 63.1. The van der Waals surface area contributed by atoms with Gasteiger partial charge in [0, 0.05) is 383 Å². The van der Waals surface area contributed by atoms with Gasteiger partial charge in [-0.2, -0.15) is 0 Å². The van der Waals surface area contributed by atoms with Gasteiger partial charge in [0.05, 0.1) is 4.47 Å². The molecule has 2 N–H and O–H groups in total. The Labute approximate surface area is 429 Å². The van der Waals surface area contributed by atoms with Gasteiger partial charge in [0.1, 0.15) is 0 Å². The number of pyridine rings is 1. The van der Waals surface area contributed by atoms with Crippen molar-refractivity contribution in [2.45, 2.75) is 26.2 Å². The number of nitrogen functional groups attached to an aromatic ring is 1. The lowest BCUT2D eigenvalue weighted by Crippen LogP contribution is -2.13. The Hall–Kier alpha value is 8.23. The number of hydrogen-bond acceptors (Lipinski definition) is 4. The highest BCUT2D eigenvalue weighted by molar-refractivity contribution is 9.10. The van der Waals surface area contributed by atoms with Crippen LogP contribution in [0.5, 0.6) is 0 Å². The lowest BCUT2D eigenvalue weighted by Gasteiger charge is -2.17. The largest absolute Gasteiger partial charge is 0.398 e. The smallest absolute Gasteiger partial charge is 0.0588 e. The zero-order valence-corrected chi connectivity index (χ0v) is 58.1. The van der Waals surface area contributed by atoms with Crippen LogP contribution in [-0.2, 0) is 365 Å². The Morgan fingerprint density at radius 2 is 0.615 bits per heavy atom. The molecular formula is C9H13BrN2S40. The van der Waals surface area contributed by atoms with Crippen LogP contribution in [-0.4, -0.2) is 4.98 Å². The van der Waals surface area contributed by atoms with Crippen molar-refractivity contribution in [3.63, 3.8) is 0 Å².